The van der Waals surface area contributed by atoms with E-state index in [1.165, 1.54) is 10.6 Å². The zero-order valence-electron chi connectivity index (χ0n) is 11.6. The molecule has 1 saturated heterocycles. The Kier molecular flexibility index (Phi) is 5.31. The summed E-state index contributed by atoms with van der Waals surface area (Å²) in [4.78, 5) is 17.9. The largest absolute Gasteiger partial charge is 0.310 e. The molecule has 0 bridgehead atoms. The van der Waals surface area contributed by atoms with E-state index in [9.17, 15) is 13.2 Å². The molecule has 1 aliphatic heterocycles. The first-order valence-electron chi connectivity index (χ1n) is 6.43. The van der Waals surface area contributed by atoms with Gasteiger partial charge in [0, 0.05) is 36.8 Å². The Morgan fingerprint density at radius 2 is 2.00 bits per heavy atom. The van der Waals surface area contributed by atoms with Crippen molar-refractivity contribution in [3.05, 3.63) is 22.8 Å². The van der Waals surface area contributed by atoms with Crippen LogP contribution in [-0.4, -0.2) is 67.5 Å². The molecule has 7 nitrogen and oxygen atoms in total. The van der Waals surface area contributed by atoms with Crippen LogP contribution in [0.2, 0.25) is 0 Å². The zero-order chi connectivity index (χ0) is 15.5. The van der Waals surface area contributed by atoms with Gasteiger partial charge in [-0.1, -0.05) is 0 Å². The van der Waals surface area contributed by atoms with E-state index in [0.29, 0.717) is 32.0 Å². The number of sulfonamides is 1. The third-order valence-electron chi connectivity index (χ3n) is 3.16. The average Bonchev–Trinajstić information content (AvgIpc) is 2.41. The van der Waals surface area contributed by atoms with Gasteiger partial charge >= 0.3 is 0 Å². The maximum atomic E-state index is 11.9. The number of halogens is 1. The van der Waals surface area contributed by atoms with E-state index in [1.54, 1.807) is 18.3 Å². The fraction of sp³-hybridized carbons (Fsp3) is 0.500. The van der Waals surface area contributed by atoms with Crippen molar-refractivity contribution in [1.29, 1.82) is 0 Å². The Morgan fingerprint density at radius 3 is 2.52 bits per heavy atom. The predicted octanol–water partition coefficient (Wildman–Crippen LogP) is 0.360. The molecule has 1 aromatic rings. The molecule has 1 fully saturated rings. The van der Waals surface area contributed by atoms with E-state index in [0.717, 1.165) is 4.47 Å². The lowest BCUT2D eigenvalue weighted by Crippen LogP contribution is -2.50. The molecule has 0 radical (unpaired) electrons. The highest BCUT2D eigenvalue weighted by Crippen LogP contribution is 2.11. The Hall–Kier alpha value is -1.03. The molecule has 2 rings (SSSR count). The first kappa shape index (κ1) is 16.3. The van der Waals surface area contributed by atoms with E-state index < -0.39 is 10.0 Å². The molecule has 0 spiro atoms. The molecule has 0 saturated carbocycles. The summed E-state index contributed by atoms with van der Waals surface area (Å²) in [5, 5.41) is 2.71. The van der Waals surface area contributed by atoms with E-state index in [4.69, 9.17) is 0 Å². The fourth-order valence-corrected chi connectivity index (χ4v) is 3.12. The zero-order valence-corrected chi connectivity index (χ0v) is 14.0. The van der Waals surface area contributed by atoms with E-state index >= 15 is 0 Å². The van der Waals surface area contributed by atoms with Crippen LogP contribution in [0.4, 0.5) is 5.82 Å². The minimum absolute atomic E-state index is 0.155. The van der Waals surface area contributed by atoms with Crippen LogP contribution in [0.1, 0.15) is 0 Å². The monoisotopic (exact) mass is 376 g/mol. The van der Waals surface area contributed by atoms with Crippen molar-refractivity contribution >= 4 is 37.7 Å². The number of nitrogens with zero attached hydrogens (tertiary/aromatic N) is 3. The number of pyridine rings is 1. The first-order chi connectivity index (χ1) is 9.84. The summed E-state index contributed by atoms with van der Waals surface area (Å²) in [5.41, 5.74) is 0. The van der Waals surface area contributed by atoms with E-state index in [2.05, 4.69) is 26.2 Å². The average molecular weight is 377 g/mol. The quantitative estimate of drug-likeness (QED) is 0.820. The van der Waals surface area contributed by atoms with Crippen LogP contribution in [0.15, 0.2) is 22.8 Å². The van der Waals surface area contributed by atoms with Crippen LogP contribution < -0.4 is 5.32 Å². The number of rotatable bonds is 4. The number of hydrogen-bond acceptors (Lipinski definition) is 5. The van der Waals surface area contributed by atoms with Gasteiger partial charge in [0.15, 0.2) is 0 Å². The van der Waals surface area contributed by atoms with Crippen LogP contribution in [-0.2, 0) is 14.8 Å². The highest BCUT2D eigenvalue weighted by atomic mass is 79.9. The van der Waals surface area contributed by atoms with Crippen molar-refractivity contribution < 1.29 is 13.2 Å². The van der Waals surface area contributed by atoms with E-state index in [-0.39, 0.29) is 12.5 Å². The van der Waals surface area contributed by atoms with Crippen LogP contribution in [0, 0.1) is 0 Å². The molecule has 1 amide bonds. The number of anilines is 1. The lowest BCUT2D eigenvalue weighted by Gasteiger charge is -2.32. The number of hydrogen-bond donors (Lipinski definition) is 1. The Bertz CT molecular complexity index is 597. The van der Waals surface area contributed by atoms with Crippen LogP contribution in [0.5, 0.6) is 0 Å². The minimum Gasteiger partial charge on any atom is -0.310 e. The minimum atomic E-state index is -3.14. The second-order valence-electron chi connectivity index (χ2n) is 4.85. The van der Waals surface area contributed by atoms with Gasteiger partial charge in [-0.15, -0.1) is 0 Å². The lowest BCUT2D eigenvalue weighted by molar-refractivity contribution is -0.117. The van der Waals surface area contributed by atoms with Gasteiger partial charge in [0.1, 0.15) is 5.82 Å². The number of aromatic nitrogens is 1. The number of nitrogens with one attached hydrogen (secondary N) is 1. The maximum Gasteiger partial charge on any atom is 0.239 e. The van der Waals surface area contributed by atoms with Gasteiger partial charge in [-0.05, 0) is 28.1 Å². The molecule has 2 heterocycles. The number of carbonyl (C=O) groups is 1. The summed E-state index contributed by atoms with van der Waals surface area (Å²) in [6.45, 7) is 2.17. The molecular formula is C12H17BrN4O3S. The van der Waals surface area contributed by atoms with Gasteiger partial charge in [0.25, 0.3) is 0 Å². The highest BCUT2D eigenvalue weighted by Gasteiger charge is 2.24. The van der Waals surface area contributed by atoms with Gasteiger partial charge in [-0.2, -0.15) is 4.31 Å². The van der Waals surface area contributed by atoms with E-state index in [1.807, 2.05) is 4.90 Å². The fourth-order valence-electron chi connectivity index (χ4n) is 2.05. The van der Waals surface area contributed by atoms with Crippen molar-refractivity contribution in [3.63, 3.8) is 0 Å². The third kappa shape index (κ3) is 5.03. The standard InChI is InChI=1S/C12H17BrN4O3S/c1-21(19,20)17-6-4-16(5-7-17)9-12(18)15-11-3-2-10(13)8-14-11/h2-3,8H,4-7,9H2,1H3,(H,14,15,18). The number of carbonyl (C=O) groups excluding carboxylic acids is 1. The van der Waals surface area contributed by atoms with Gasteiger partial charge in [-0.3, -0.25) is 9.69 Å². The second kappa shape index (κ2) is 6.82. The summed E-state index contributed by atoms with van der Waals surface area (Å²) in [5.74, 6) is 0.343. The van der Waals surface area contributed by atoms with Crippen molar-refractivity contribution in [3.8, 4) is 0 Å². The molecule has 1 aromatic heterocycles. The Morgan fingerprint density at radius 1 is 1.33 bits per heavy atom. The smallest absolute Gasteiger partial charge is 0.239 e. The molecule has 9 heteroatoms. The Balaban J connectivity index is 1.80. The van der Waals surface area contributed by atoms with Crippen molar-refractivity contribution in [1.82, 2.24) is 14.2 Å². The van der Waals surface area contributed by atoms with Crippen LogP contribution in [0.3, 0.4) is 0 Å². The van der Waals surface area contributed by atoms with Gasteiger partial charge in [0.05, 0.1) is 12.8 Å². The summed E-state index contributed by atoms with van der Waals surface area (Å²) >= 11 is 3.28. The molecule has 0 aromatic carbocycles. The van der Waals surface area contributed by atoms with Gasteiger partial charge in [0.2, 0.25) is 15.9 Å². The SMILES string of the molecule is CS(=O)(=O)N1CCN(CC(=O)Nc2ccc(Br)cn2)CC1. The normalized spacial score (nSPS) is 17.6. The molecule has 21 heavy (non-hydrogen) atoms. The predicted molar refractivity (Wildman–Crippen MR) is 83.4 cm³/mol. The molecular weight excluding hydrogens is 360 g/mol. The molecule has 0 aliphatic carbocycles. The number of piperazine rings is 1. The molecule has 0 atom stereocenters. The molecule has 0 unspecified atom stereocenters. The topological polar surface area (TPSA) is 82.6 Å². The number of amides is 1. The van der Waals surface area contributed by atoms with Crippen molar-refractivity contribution in [2.75, 3.05) is 44.3 Å². The molecule has 1 aliphatic rings. The summed E-state index contributed by atoms with van der Waals surface area (Å²) in [6, 6.07) is 3.51. The Labute approximate surface area is 132 Å². The highest BCUT2D eigenvalue weighted by molar-refractivity contribution is 9.10. The summed E-state index contributed by atoms with van der Waals surface area (Å²) < 4.78 is 25.1. The van der Waals surface area contributed by atoms with Crippen molar-refractivity contribution in [2.24, 2.45) is 0 Å². The maximum absolute atomic E-state index is 11.9. The summed E-state index contributed by atoms with van der Waals surface area (Å²) in [6.07, 6.45) is 2.81. The van der Waals surface area contributed by atoms with Crippen molar-refractivity contribution in [2.45, 2.75) is 0 Å². The van der Waals surface area contributed by atoms with Crippen LogP contribution in [0.25, 0.3) is 0 Å². The van der Waals surface area contributed by atoms with Gasteiger partial charge in [-0.25, -0.2) is 13.4 Å². The first-order valence-corrected chi connectivity index (χ1v) is 9.07. The summed E-state index contributed by atoms with van der Waals surface area (Å²) in [7, 11) is -3.14. The molecule has 1 N–H and O–H groups in total. The third-order valence-corrected chi connectivity index (χ3v) is 4.93. The molecule has 116 valence electrons. The lowest BCUT2D eigenvalue weighted by atomic mass is 10.3. The van der Waals surface area contributed by atoms with Gasteiger partial charge < -0.3 is 5.32 Å². The second-order valence-corrected chi connectivity index (χ2v) is 7.75. The van der Waals surface area contributed by atoms with Crippen LogP contribution >= 0.6 is 15.9 Å².